The number of aryl methyl sites for hydroxylation is 1. The van der Waals surface area contributed by atoms with E-state index < -0.39 is 0 Å². The number of amides is 1. The summed E-state index contributed by atoms with van der Waals surface area (Å²) in [7, 11) is 3.67. The lowest BCUT2D eigenvalue weighted by molar-refractivity contribution is 0.102. The van der Waals surface area contributed by atoms with E-state index in [-0.39, 0.29) is 5.91 Å². The van der Waals surface area contributed by atoms with Crippen LogP contribution in [0.3, 0.4) is 0 Å². The van der Waals surface area contributed by atoms with Crippen LogP contribution < -0.4 is 15.0 Å². The van der Waals surface area contributed by atoms with Crippen LogP contribution in [-0.2, 0) is 0 Å². The molecule has 1 aliphatic carbocycles. The van der Waals surface area contributed by atoms with Crippen molar-refractivity contribution in [2.75, 3.05) is 24.4 Å². The van der Waals surface area contributed by atoms with Crippen LogP contribution in [0.25, 0.3) is 0 Å². The van der Waals surface area contributed by atoms with E-state index in [4.69, 9.17) is 4.74 Å². The van der Waals surface area contributed by atoms with Crippen LogP contribution in [0.4, 0.5) is 11.5 Å². The fourth-order valence-corrected chi connectivity index (χ4v) is 3.41. The molecule has 6 heteroatoms. The first-order valence-corrected chi connectivity index (χ1v) is 9.09. The SMILES string of the molecule is COc1ccc(NC(=O)c2cc(N(C)C3CCCCC3)ncn2)c(C)c1. The van der Waals surface area contributed by atoms with Gasteiger partial charge in [-0.15, -0.1) is 0 Å². The predicted molar refractivity (Wildman–Crippen MR) is 103 cm³/mol. The van der Waals surface area contributed by atoms with Gasteiger partial charge in [-0.2, -0.15) is 0 Å². The second-order valence-corrected chi connectivity index (χ2v) is 6.80. The molecule has 2 aromatic rings. The quantitative estimate of drug-likeness (QED) is 0.884. The van der Waals surface area contributed by atoms with Crippen LogP contribution >= 0.6 is 0 Å². The maximum absolute atomic E-state index is 12.6. The molecule has 1 aliphatic rings. The topological polar surface area (TPSA) is 67.3 Å². The van der Waals surface area contributed by atoms with E-state index in [0.717, 1.165) is 22.8 Å². The van der Waals surface area contributed by atoms with Crippen LogP contribution in [0, 0.1) is 6.92 Å². The lowest BCUT2D eigenvalue weighted by atomic mass is 9.94. The third kappa shape index (κ3) is 4.12. The number of ether oxygens (including phenoxy) is 1. The highest BCUT2D eigenvalue weighted by atomic mass is 16.5. The summed E-state index contributed by atoms with van der Waals surface area (Å²) in [5.74, 6) is 1.32. The van der Waals surface area contributed by atoms with Crippen molar-refractivity contribution in [2.45, 2.75) is 45.1 Å². The lowest BCUT2D eigenvalue weighted by Gasteiger charge is -2.32. The van der Waals surface area contributed by atoms with Gasteiger partial charge in [0.05, 0.1) is 7.11 Å². The van der Waals surface area contributed by atoms with Gasteiger partial charge in [-0.3, -0.25) is 4.79 Å². The summed E-state index contributed by atoms with van der Waals surface area (Å²) in [4.78, 5) is 23.3. The largest absolute Gasteiger partial charge is 0.497 e. The fourth-order valence-electron chi connectivity index (χ4n) is 3.41. The molecule has 1 fully saturated rings. The number of aromatic nitrogens is 2. The molecule has 1 saturated carbocycles. The number of carbonyl (C=O) groups is 1. The van der Waals surface area contributed by atoms with Gasteiger partial charge in [-0.05, 0) is 43.5 Å². The predicted octanol–water partition coefficient (Wildman–Crippen LogP) is 3.81. The van der Waals surface area contributed by atoms with Crippen molar-refractivity contribution in [3.05, 3.63) is 41.9 Å². The number of methoxy groups -OCH3 is 1. The Morgan fingerprint density at radius 1 is 1.19 bits per heavy atom. The second kappa shape index (κ2) is 8.17. The van der Waals surface area contributed by atoms with Crippen molar-refractivity contribution >= 4 is 17.4 Å². The molecule has 1 heterocycles. The minimum Gasteiger partial charge on any atom is -0.497 e. The van der Waals surface area contributed by atoms with Crippen LogP contribution in [0.2, 0.25) is 0 Å². The molecule has 1 aromatic heterocycles. The average molecular weight is 354 g/mol. The number of nitrogens with one attached hydrogen (secondary N) is 1. The Morgan fingerprint density at radius 2 is 1.96 bits per heavy atom. The summed E-state index contributed by atoms with van der Waals surface area (Å²) in [6, 6.07) is 7.80. The number of benzene rings is 1. The highest BCUT2D eigenvalue weighted by Crippen LogP contribution is 2.25. The van der Waals surface area contributed by atoms with Gasteiger partial charge in [0.2, 0.25) is 0 Å². The number of hydrogen-bond acceptors (Lipinski definition) is 5. The zero-order chi connectivity index (χ0) is 18.5. The molecule has 0 aliphatic heterocycles. The molecule has 0 bridgehead atoms. The second-order valence-electron chi connectivity index (χ2n) is 6.80. The fraction of sp³-hybridized carbons (Fsp3) is 0.450. The molecule has 1 aromatic carbocycles. The van der Waals surface area contributed by atoms with E-state index >= 15 is 0 Å². The van der Waals surface area contributed by atoms with Crippen LogP contribution in [0.1, 0.15) is 48.2 Å². The number of anilines is 2. The Morgan fingerprint density at radius 3 is 2.65 bits per heavy atom. The first-order chi connectivity index (χ1) is 12.6. The van der Waals surface area contributed by atoms with Gasteiger partial charge in [0.1, 0.15) is 23.6 Å². The molecule has 0 atom stereocenters. The van der Waals surface area contributed by atoms with Crippen LogP contribution in [0.5, 0.6) is 5.75 Å². The van der Waals surface area contributed by atoms with Crippen molar-refractivity contribution in [2.24, 2.45) is 0 Å². The molecule has 1 amide bonds. The third-order valence-electron chi connectivity index (χ3n) is 5.05. The van der Waals surface area contributed by atoms with Gasteiger partial charge in [-0.25, -0.2) is 9.97 Å². The van der Waals surface area contributed by atoms with Crippen molar-refractivity contribution < 1.29 is 9.53 Å². The molecule has 3 rings (SSSR count). The highest BCUT2D eigenvalue weighted by molar-refractivity contribution is 6.03. The average Bonchev–Trinajstić information content (AvgIpc) is 2.69. The minimum atomic E-state index is -0.237. The molecule has 0 radical (unpaired) electrons. The van der Waals surface area contributed by atoms with Crippen LogP contribution in [0.15, 0.2) is 30.6 Å². The van der Waals surface area contributed by atoms with Gasteiger partial charge in [0.15, 0.2) is 0 Å². The van der Waals surface area contributed by atoms with Gasteiger partial charge < -0.3 is 15.0 Å². The maximum Gasteiger partial charge on any atom is 0.274 e. The normalized spacial score (nSPS) is 14.7. The molecule has 1 N–H and O–H groups in total. The van der Waals surface area contributed by atoms with Gasteiger partial charge in [0.25, 0.3) is 5.91 Å². The third-order valence-corrected chi connectivity index (χ3v) is 5.05. The maximum atomic E-state index is 12.6. The Bertz CT molecular complexity index is 772. The molecule has 26 heavy (non-hydrogen) atoms. The Hall–Kier alpha value is -2.63. The van der Waals surface area contributed by atoms with E-state index in [1.807, 2.05) is 32.2 Å². The monoisotopic (exact) mass is 354 g/mol. The molecular weight excluding hydrogens is 328 g/mol. The zero-order valence-corrected chi connectivity index (χ0v) is 15.7. The van der Waals surface area contributed by atoms with Crippen molar-refractivity contribution in [3.63, 3.8) is 0 Å². The summed E-state index contributed by atoms with van der Waals surface area (Å²) < 4.78 is 5.20. The number of nitrogens with zero attached hydrogens (tertiary/aromatic N) is 3. The number of carbonyl (C=O) groups excluding carboxylic acids is 1. The Kier molecular flexibility index (Phi) is 5.71. The van der Waals surface area contributed by atoms with E-state index in [0.29, 0.717) is 11.7 Å². The number of rotatable bonds is 5. The lowest BCUT2D eigenvalue weighted by Crippen LogP contribution is -2.34. The first-order valence-electron chi connectivity index (χ1n) is 9.09. The van der Waals surface area contributed by atoms with Gasteiger partial charge in [-0.1, -0.05) is 19.3 Å². The van der Waals surface area contributed by atoms with Gasteiger partial charge >= 0.3 is 0 Å². The van der Waals surface area contributed by atoms with Crippen molar-refractivity contribution in [1.29, 1.82) is 0 Å². The minimum absolute atomic E-state index is 0.237. The van der Waals surface area contributed by atoms with E-state index in [1.165, 1.54) is 38.4 Å². The molecule has 6 nitrogen and oxygen atoms in total. The summed E-state index contributed by atoms with van der Waals surface area (Å²) in [5.41, 5.74) is 2.05. The van der Waals surface area contributed by atoms with E-state index in [1.54, 1.807) is 13.2 Å². The van der Waals surface area contributed by atoms with Crippen molar-refractivity contribution in [1.82, 2.24) is 9.97 Å². The number of hydrogen-bond donors (Lipinski definition) is 1. The molecular formula is C20H26N4O2. The van der Waals surface area contributed by atoms with E-state index in [9.17, 15) is 4.79 Å². The summed E-state index contributed by atoms with van der Waals surface area (Å²) in [6.45, 7) is 1.93. The smallest absolute Gasteiger partial charge is 0.274 e. The standard InChI is InChI=1S/C20H26N4O2/c1-14-11-16(26-3)9-10-17(14)23-20(25)18-12-19(22-13-21-18)24(2)15-7-5-4-6-8-15/h9-13,15H,4-8H2,1-3H3,(H,23,25). The first kappa shape index (κ1) is 18.2. The van der Waals surface area contributed by atoms with Crippen LogP contribution in [-0.4, -0.2) is 36.1 Å². The molecule has 0 unspecified atom stereocenters. The summed E-state index contributed by atoms with van der Waals surface area (Å²) in [5, 5.41) is 2.92. The zero-order valence-electron chi connectivity index (χ0n) is 15.7. The Balaban J connectivity index is 1.73. The summed E-state index contributed by atoms with van der Waals surface area (Å²) >= 11 is 0. The molecule has 138 valence electrons. The van der Waals surface area contributed by atoms with E-state index in [2.05, 4.69) is 20.2 Å². The molecule has 0 spiro atoms. The van der Waals surface area contributed by atoms with Crippen molar-refractivity contribution in [3.8, 4) is 5.75 Å². The highest BCUT2D eigenvalue weighted by Gasteiger charge is 2.20. The Labute approximate surface area is 154 Å². The van der Waals surface area contributed by atoms with Gasteiger partial charge in [0, 0.05) is 24.8 Å². The molecule has 0 saturated heterocycles. The summed E-state index contributed by atoms with van der Waals surface area (Å²) in [6.07, 6.45) is 7.63.